The Morgan fingerprint density at radius 3 is 2.63 bits per heavy atom. The number of hydrogen-bond acceptors (Lipinski definition) is 5. The van der Waals surface area contributed by atoms with Gasteiger partial charge in [-0.05, 0) is 19.9 Å². The maximum Gasteiger partial charge on any atom is 0.347 e. The Labute approximate surface area is 116 Å². The van der Waals surface area contributed by atoms with E-state index >= 15 is 0 Å². The van der Waals surface area contributed by atoms with Crippen LogP contribution >= 0.6 is 11.6 Å². The van der Waals surface area contributed by atoms with Gasteiger partial charge in [0.2, 0.25) is 0 Å². The third kappa shape index (κ3) is 3.86. The maximum atomic E-state index is 11.5. The van der Waals surface area contributed by atoms with E-state index in [1.54, 1.807) is 13.8 Å². The number of esters is 1. The summed E-state index contributed by atoms with van der Waals surface area (Å²) in [6.07, 6.45) is -0.185. The van der Waals surface area contributed by atoms with Crippen LogP contribution < -0.4 is 9.47 Å². The summed E-state index contributed by atoms with van der Waals surface area (Å²) < 4.78 is 15.4. The second-order valence-electron chi connectivity index (χ2n) is 3.65. The predicted octanol–water partition coefficient (Wildman–Crippen LogP) is 2.49. The van der Waals surface area contributed by atoms with Gasteiger partial charge in [-0.2, -0.15) is 0 Å². The summed E-state index contributed by atoms with van der Waals surface area (Å²) in [5, 5.41) is 0.224. The van der Waals surface area contributed by atoms with Gasteiger partial charge in [0.25, 0.3) is 0 Å². The normalized spacial score (nSPS) is 11.6. The Morgan fingerprint density at radius 2 is 2.11 bits per heavy atom. The fourth-order valence-corrected chi connectivity index (χ4v) is 1.59. The minimum absolute atomic E-state index is 0.224. The van der Waals surface area contributed by atoms with Crippen molar-refractivity contribution in [2.24, 2.45) is 0 Å². The smallest absolute Gasteiger partial charge is 0.347 e. The van der Waals surface area contributed by atoms with Gasteiger partial charge in [-0.1, -0.05) is 11.6 Å². The molecule has 0 saturated carbocycles. The average Bonchev–Trinajstić information content (AvgIpc) is 2.39. The lowest BCUT2D eigenvalue weighted by Gasteiger charge is -2.16. The molecule has 6 heteroatoms. The predicted molar refractivity (Wildman–Crippen MR) is 70.1 cm³/mol. The summed E-state index contributed by atoms with van der Waals surface area (Å²) in [5.41, 5.74) is 0.287. The standard InChI is InChI=1S/C13H15ClO5/c1-4-18-13(16)8(2)19-12-6-10(14)9(7-15)5-11(12)17-3/h5-8H,4H2,1-3H3/t8-/m1/s1. The van der Waals surface area contributed by atoms with Crippen molar-refractivity contribution >= 4 is 23.9 Å². The topological polar surface area (TPSA) is 61.8 Å². The molecule has 1 atom stereocenters. The first kappa shape index (κ1) is 15.3. The van der Waals surface area contributed by atoms with Gasteiger partial charge in [0.05, 0.1) is 18.7 Å². The Balaban J connectivity index is 2.97. The number of methoxy groups -OCH3 is 1. The monoisotopic (exact) mass is 286 g/mol. The summed E-state index contributed by atoms with van der Waals surface area (Å²) in [7, 11) is 1.43. The van der Waals surface area contributed by atoms with E-state index in [1.807, 2.05) is 0 Å². The van der Waals surface area contributed by atoms with Crippen molar-refractivity contribution in [3.8, 4) is 11.5 Å². The maximum absolute atomic E-state index is 11.5. The Bertz CT molecular complexity index is 472. The molecule has 0 aliphatic heterocycles. The van der Waals surface area contributed by atoms with Crippen molar-refractivity contribution in [2.45, 2.75) is 20.0 Å². The fraction of sp³-hybridized carbons (Fsp3) is 0.385. The van der Waals surface area contributed by atoms with Crippen molar-refractivity contribution in [1.29, 1.82) is 0 Å². The number of ether oxygens (including phenoxy) is 3. The zero-order valence-electron chi connectivity index (χ0n) is 10.9. The number of halogens is 1. The van der Waals surface area contributed by atoms with Gasteiger partial charge >= 0.3 is 5.97 Å². The van der Waals surface area contributed by atoms with E-state index in [9.17, 15) is 9.59 Å². The largest absolute Gasteiger partial charge is 0.493 e. The quantitative estimate of drug-likeness (QED) is 0.594. The molecule has 5 nitrogen and oxygen atoms in total. The number of carbonyl (C=O) groups excluding carboxylic acids is 2. The summed E-state index contributed by atoms with van der Waals surface area (Å²) in [6.45, 7) is 3.54. The van der Waals surface area contributed by atoms with E-state index in [1.165, 1.54) is 19.2 Å². The summed E-state index contributed by atoms with van der Waals surface area (Å²) >= 11 is 5.90. The molecule has 1 aromatic carbocycles. The van der Waals surface area contributed by atoms with Crippen molar-refractivity contribution < 1.29 is 23.8 Å². The lowest BCUT2D eigenvalue weighted by Crippen LogP contribution is -2.26. The zero-order valence-corrected chi connectivity index (χ0v) is 11.7. The van der Waals surface area contributed by atoms with E-state index in [2.05, 4.69) is 0 Å². The highest BCUT2D eigenvalue weighted by molar-refractivity contribution is 6.33. The van der Waals surface area contributed by atoms with Crippen LogP contribution in [0.15, 0.2) is 12.1 Å². The molecule has 104 valence electrons. The van der Waals surface area contributed by atoms with Crippen LogP contribution in [0, 0.1) is 0 Å². The number of aldehydes is 1. The van der Waals surface area contributed by atoms with Gasteiger partial charge < -0.3 is 14.2 Å². The SMILES string of the molecule is CCOC(=O)[C@@H](C)Oc1cc(Cl)c(C=O)cc1OC. The first-order valence-corrected chi connectivity index (χ1v) is 6.07. The van der Waals surface area contributed by atoms with E-state index in [0.717, 1.165) is 0 Å². The molecule has 0 bridgehead atoms. The van der Waals surface area contributed by atoms with Crippen LogP contribution in [-0.2, 0) is 9.53 Å². The number of hydrogen-bond donors (Lipinski definition) is 0. The summed E-state index contributed by atoms with van der Waals surface area (Å²) in [4.78, 5) is 22.2. The van der Waals surface area contributed by atoms with Gasteiger partial charge in [-0.15, -0.1) is 0 Å². The van der Waals surface area contributed by atoms with Crippen LogP contribution in [0.4, 0.5) is 0 Å². The molecule has 0 N–H and O–H groups in total. The molecule has 0 unspecified atom stereocenters. The molecule has 0 aliphatic rings. The lowest BCUT2D eigenvalue weighted by atomic mass is 10.2. The third-order valence-electron chi connectivity index (χ3n) is 2.33. The van der Waals surface area contributed by atoms with Crippen molar-refractivity contribution in [2.75, 3.05) is 13.7 Å². The van der Waals surface area contributed by atoms with Gasteiger partial charge in [0.1, 0.15) is 0 Å². The molecule has 0 heterocycles. The Morgan fingerprint density at radius 1 is 1.42 bits per heavy atom. The summed E-state index contributed by atoms with van der Waals surface area (Å²) in [6, 6.07) is 2.88. The van der Waals surface area contributed by atoms with E-state index < -0.39 is 12.1 Å². The van der Waals surface area contributed by atoms with Crippen LogP contribution in [0.1, 0.15) is 24.2 Å². The van der Waals surface area contributed by atoms with E-state index in [0.29, 0.717) is 12.0 Å². The van der Waals surface area contributed by atoms with Crippen LogP contribution in [0.5, 0.6) is 11.5 Å². The molecule has 19 heavy (non-hydrogen) atoms. The molecule has 0 radical (unpaired) electrons. The molecular weight excluding hydrogens is 272 g/mol. The van der Waals surface area contributed by atoms with Gasteiger partial charge in [0.15, 0.2) is 23.9 Å². The highest BCUT2D eigenvalue weighted by Crippen LogP contribution is 2.33. The number of carbonyl (C=O) groups is 2. The third-order valence-corrected chi connectivity index (χ3v) is 2.66. The van der Waals surface area contributed by atoms with E-state index in [4.69, 9.17) is 25.8 Å². The van der Waals surface area contributed by atoms with Crippen LogP contribution in [0.2, 0.25) is 5.02 Å². The first-order chi connectivity index (χ1) is 9.03. The van der Waals surface area contributed by atoms with Crippen molar-refractivity contribution in [3.63, 3.8) is 0 Å². The highest BCUT2D eigenvalue weighted by Gasteiger charge is 2.19. The van der Waals surface area contributed by atoms with Crippen molar-refractivity contribution in [3.05, 3.63) is 22.7 Å². The zero-order chi connectivity index (χ0) is 14.4. The van der Waals surface area contributed by atoms with Crippen LogP contribution in [0.25, 0.3) is 0 Å². The lowest BCUT2D eigenvalue weighted by molar-refractivity contribution is -0.150. The highest BCUT2D eigenvalue weighted by atomic mass is 35.5. The molecule has 0 aromatic heterocycles. The molecule has 0 spiro atoms. The molecule has 1 aromatic rings. The van der Waals surface area contributed by atoms with Gasteiger partial charge in [0, 0.05) is 11.6 Å². The average molecular weight is 287 g/mol. The molecular formula is C13H15ClO5. The number of rotatable bonds is 6. The second-order valence-corrected chi connectivity index (χ2v) is 4.06. The molecule has 0 saturated heterocycles. The minimum atomic E-state index is -0.799. The minimum Gasteiger partial charge on any atom is -0.493 e. The molecule has 1 rings (SSSR count). The Hall–Kier alpha value is -1.75. The molecule has 0 aliphatic carbocycles. The van der Waals surface area contributed by atoms with E-state index in [-0.39, 0.29) is 22.9 Å². The van der Waals surface area contributed by atoms with Gasteiger partial charge in [-0.3, -0.25) is 4.79 Å². The van der Waals surface area contributed by atoms with Crippen LogP contribution in [0.3, 0.4) is 0 Å². The fourth-order valence-electron chi connectivity index (χ4n) is 1.39. The summed E-state index contributed by atoms with van der Waals surface area (Å²) in [5.74, 6) is 0.112. The Kier molecular flexibility index (Phi) is 5.63. The number of benzene rings is 1. The molecule has 0 amide bonds. The van der Waals surface area contributed by atoms with Crippen LogP contribution in [-0.4, -0.2) is 32.1 Å². The molecule has 0 fully saturated rings. The first-order valence-electron chi connectivity index (χ1n) is 5.69. The van der Waals surface area contributed by atoms with Gasteiger partial charge in [-0.25, -0.2) is 4.79 Å². The second kappa shape index (κ2) is 6.99. The van der Waals surface area contributed by atoms with Crippen molar-refractivity contribution in [1.82, 2.24) is 0 Å².